The van der Waals surface area contributed by atoms with Gasteiger partial charge in [0.15, 0.2) is 0 Å². The Morgan fingerprint density at radius 1 is 0.846 bits per heavy atom. The SMILES string of the molecule is Fc1ccccc1-c1ccc(CN2CCN(Cc3ccccn3)CC2)o1. The van der Waals surface area contributed by atoms with Crippen LogP contribution < -0.4 is 0 Å². The van der Waals surface area contributed by atoms with Gasteiger partial charge in [0.05, 0.1) is 17.8 Å². The predicted octanol–water partition coefficient (Wildman–Crippen LogP) is 3.80. The molecule has 0 aliphatic carbocycles. The van der Waals surface area contributed by atoms with E-state index in [9.17, 15) is 4.39 Å². The third kappa shape index (κ3) is 4.00. The lowest BCUT2D eigenvalue weighted by atomic mass is 10.1. The van der Waals surface area contributed by atoms with Gasteiger partial charge in [-0.25, -0.2) is 4.39 Å². The molecular weight excluding hydrogens is 329 g/mol. The number of aromatic nitrogens is 1. The number of nitrogens with zero attached hydrogens (tertiary/aromatic N) is 3. The standard InChI is InChI=1S/C21H22FN3O/c22-20-7-2-1-6-19(20)21-9-8-18(26-21)16-25-13-11-24(12-14-25)15-17-5-3-4-10-23-17/h1-10H,11-16H2. The maximum Gasteiger partial charge on any atom is 0.137 e. The highest BCUT2D eigenvalue weighted by Gasteiger charge is 2.19. The van der Waals surface area contributed by atoms with E-state index in [1.807, 2.05) is 36.5 Å². The zero-order valence-corrected chi connectivity index (χ0v) is 14.6. The fourth-order valence-electron chi connectivity index (χ4n) is 3.32. The molecule has 0 amide bonds. The molecule has 5 heteroatoms. The topological polar surface area (TPSA) is 32.5 Å². The van der Waals surface area contributed by atoms with E-state index in [-0.39, 0.29) is 5.82 Å². The molecule has 0 radical (unpaired) electrons. The Kier molecular flexibility index (Phi) is 5.09. The number of hydrogen-bond acceptors (Lipinski definition) is 4. The number of hydrogen-bond donors (Lipinski definition) is 0. The molecule has 0 unspecified atom stereocenters. The number of rotatable bonds is 5. The van der Waals surface area contributed by atoms with Crippen molar-refractivity contribution < 1.29 is 8.81 Å². The summed E-state index contributed by atoms with van der Waals surface area (Å²) < 4.78 is 19.8. The second kappa shape index (κ2) is 7.81. The Balaban J connectivity index is 1.32. The summed E-state index contributed by atoms with van der Waals surface area (Å²) in [7, 11) is 0. The highest BCUT2D eigenvalue weighted by atomic mass is 19.1. The second-order valence-corrected chi connectivity index (χ2v) is 6.62. The normalized spacial score (nSPS) is 16.0. The van der Waals surface area contributed by atoms with Crippen LogP contribution in [-0.4, -0.2) is 41.0 Å². The van der Waals surface area contributed by atoms with Crippen LogP contribution in [0.1, 0.15) is 11.5 Å². The van der Waals surface area contributed by atoms with Crippen LogP contribution in [0.25, 0.3) is 11.3 Å². The fraction of sp³-hybridized carbons (Fsp3) is 0.286. The minimum atomic E-state index is -0.253. The lowest BCUT2D eigenvalue weighted by Crippen LogP contribution is -2.45. The summed E-state index contributed by atoms with van der Waals surface area (Å²) in [4.78, 5) is 9.19. The van der Waals surface area contributed by atoms with Crippen molar-refractivity contribution in [1.82, 2.24) is 14.8 Å². The van der Waals surface area contributed by atoms with Crippen LogP contribution in [-0.2, 0) is 13.1 Å². The van der Waals surface area contributed by atoms with Crippen molar-refractivity contribution in [2.45, 2.75) is 13.1 Å². The second-order valence-electron chi connectivity index (χ2n) is 6.62. The van der Waals surface area contributed by atoms with Crippen molar-refractivity contribution in [3.8, 4) is 11.3 Å². The number of halogens is 1. The van der Waals surface area contributed by atoms with Crippen LogP contribution >= 0.6 is 0 Å². The Morgan fingerprint density at radius 3 is 2.31 bits per heavy atom. The van der Waals surface area contributed by atoms with Gasteiger partial charge in [-0.15, -0.1) is 0 Å². The Bertz CT molecular complexity index is 841. The van der Waals surface area contributed by atoms with Gasteiger partial charge in [-0.1, -0.05) is 18.2 Å². The van der Waals surface area contributed by atoms with Gasteiger partial charge in [0, 0.05) is 38.9 Å². The van der Waals surface area contributed by atoms with Gasteiger partial charge >= 0.3 is 0 Å². The van der Waals surface area contributed by atoms with E-state index >= 15 is 0 Å². The van der Waals surface area contributed by atoms with Crippen molar-refractivity contribution >= 4 is 0 Å². The number of benzene rings is 1. The van der Waals surface area contributed by atoms with Gasteiger partial charge in [0.1, 0.15) is 17.3 Å². The quantitative estimate of drug-likeness (QED) is 0.700. The molecule has 4 nitrogen and oxygen atoms in total. The molecule has 0 atom stereocenters. The third-order valence-electron chi connectivity index (χ3n) is 4.76. The molecule has 4 rings (SSSR count). The highest BCUT2D eigenvalue weighted by Crippen LogP contribution is 2.25. The van der Waals surface area contributed by atoms with Gasteiger partial charge < -0.3 is 4.42 Å². The first-order valence-electron chi connectivity index (χ1n) is 8.96. The van der Waals surface area contributed by atoms with Crippen molar-refractivity contribution in [1.29, 1.82) is 0 Å². The molecule has 3 aromatic rings. The number of pyridine rings is 1. The first-order chi connectivity index (χ1) is 12.8. The van der Waals surface area contributed by atoms with Gasteiger partial charge in [0.2, 0.25) is 0 Å². The molecule has 1 aliphatic rings. The van der Waals surface area contributed by atoms with Gasteiger partial charge in [-0.3, -0.25) is 14.8 Å². The summed E-state index contributed by atoms with van der Waals surface area (Å²) in [5.41, 5.74) is 1.63. The first-order valence-corrected chi connectivity index (χ1v) is 8.96. The van der Waals surface area contributed by atoms with Crippen LogP contribution in [0, 0.1) is 5.82 Å². The zero-order valence-electron chi connectivity index (χ0n) is 14.6. The molecule has 1 saturated heterocycles. The molecular formula is C21H22FN3O. The summed E-state index contributed by atoms with van der Waals surface area (Å²) >= 11 is 0. The molecule has 0 N–H and O–H groups in total. The van der Waals surface area contributed by atoms with Crippen molar-refractivity contribution in [2.24, 2.45) is 0 Å². The minimum Gasteiger partial charge on any atom is -0.460 e. The molecule has 1 aromatic carbocycles. The monoisotopic (exact) mass is 351 g/mol. The van der Waals surface area contributed by atoms with Crippen LogP contribution in [0.4, 0.5) is 4.39 Å². The van der Waals surface area contributed by atoms with Gasteiger partial charge in [0.25, 0.3) is 0 Å². The molecule has 0 spiro atoms. The molecule has 0 bridgehead atoms. The lowest BCUT2D eigenvalue weighted by molar-refractivity contribution is 0.115. The first kappa shape index (κ1) is 16.9. The molecule has 26 heavy (non-hydrogen) atoms. The van der Waals surface area contributed by atoms with E-state index in [0.717, 1.165) is 50.7 Å². The molecule has 1 aliphatic heterocycles. The lowest BCUT2D eigenvalue weighted by Gasteiger charge is -2.34. The average molecular weight is 351 g/mol. The van der Waals surface area contributed by atoms with Crippen molar-refractivity contribution in [3.05, 3.63) is 78.1 Å². The molecule has 1 fully saturated rings. The number of piperazine rings is 1. The maximum atomic E-state index is 13.9. The predicted molar refractivity (Wildman–Crippen MR) is 98.9 cm³/mol. The summed E-state index contributed by atoms with van der Waals surface area (Å²) in [5, 5.41) is 0. The third-order valence-corrected chi connectivity index (χ3v) is 4.76. The molecule has 134 valence electrons. The molecule has 0 saturated carbocycles. The van der Waals surface area contributed by atoms with E-state index in [1.54, 1.807) is 12.1 Å². The molecule has 2 aromatic heterocycles. The van der Waals surface area contributed by atoms with Crippen LogP contribution in [0.3, 0.4) is 0 Å². The fourth-order valence-corrected chi connectivity index (χ4v) is 3.32. The van der Waals surface area contributed by atoms with E-state index in [2.05, 4.69) is 20.9 Å². The van der Waals surface area contributed by atoms with E-state index in [4.69, 9.17) is 4.42 Å². The smallest absolute Gasteiger partial charge is 0.137 e. The zero-order chi connectivity index (χ0) is 17.8. The summed E-state index contributed by atoms with van der Waals surface area (Å²) in [6.07, 6.45) is 1.84. The highest BCUT2D eigenvalue weighted by molar-refractivity contribution is 5.58. The summed E-state index contributed by atoms with van der Waals surface area (Å²) in [6.45, 7) is 5.65. The van der Waals surface area contributed by atoms with Crippen LogP contribution in [0.2, 0.25) is 0 Å². The van der Waals surface area contributed by atoms with Crippen LogP contribution in [0.5, 0.6) is 0 Å². The van der Waals surface area contributed by atoms with Crippen molar-refractivity contribution in [3.63, 3.8) is 0 Å². The molecule has 3 heterocycles. The van der Waals surface area contributed by atoms with E-state index in [1.165, 1.54) is 6.07 Å². The maximum absolute atomic E-state index is 13.9. The average Bonchev–Trinajstić information content (AvgIpc) is 3.13. The van der Waals surface area contributed by atoms with E-state index in [0.29, 0.717) is 11.3 Å². The summed E-state index contributed by atoms with van der Waals surface area (Å²) in [5.74, 6) is 1.21. The Morgan fingerprint density at radius 2 is 1.58 bits per heavy atom. The Labute approximate surface area is 152 Å². The Hall–Kier alpha value is -2.50. The minimum absolute atomic E-state index is 0.253. The van der Waals surface area contributed by atoms with E-state index < -0.39 is 0 Å². The largest absolute Gasteiger partial charge is 0.460 e. The van der Waals surface area contributed by atoms with Crippen molar-refractivity contribution in [2.75, 3.05) is 26.2 Å². The summed E-state index contributed by atoms with van der Waals surface area (Å²) in [6, 6.07) is 16.6. The van der Waals surface area contributed by atoms with Crippen LogP contribution in [0.15, 0.2) is 65.2 Å². The van der Waals surface area contributed by atoms with Gasteiger partial charge in [-0.2, -0.15) is 0 Å². The van der Waals surface area contributed by atoms with Gasteiger partial charge in [-0.05, 0) is 36.4 Å². The number of furan rings is 1.